The number of rotatable bonds is 0. The minimum Gasteiger partial charge on any atom is -0.339 e. The average molecular weight is 248 g/mol. The maximum atomic E-state index is 6.15. The second-order valence-electron chi connectivity index (χ2n) is 5.65. The van der Waals surface area contributed by atoms with Crippen molar-refractivity contribution in [3.63, 3.8) is 0 Å². The smallest absolute Gasteiger partial charge is 0.173 e. The molecule has 86 valence electrons. The van der Waals surface area contributed by atoms with Gasteiger partial charge in [0, 0.05) is 12.8 Å². The van der Waals surface area contributed by atoms with Crippen LogP contribution in [0.25, 0.3) is 0 Å². The van der Waals surface area contributed by atoms with Crippen molar-refractivity contribution in [3.05, 3.63) is 0 Å². The third-order valence-corrected chi connectivity index (χ3v) is 9.44. The van der Waals surface area contributed by atoms with E-state index in [9.17, 15) is 0 Å². The first-order valence-electron chi connectivity index (χ1n) is 5.34. The van der Waals surface area contributed by atoms with Gasteiger partial charge < -0.3 is 14.2 Å². The van der Waals surface area contributed by atoms with Gasteiger partial charge in [-0.25, -0.2) is 0 Å². The molecule has 5 atom stereocenters. The van der Waals surface area contributed by atoms with Crippen molar-refractivity contribution in [2.24, 2.45) is 0 Å². The van der Waals surface area contributed by atoms with Gasteiger partial charge in [-0.2, -0.15) is 0 Å². The molecule has 3 nitrogen and oxygen atoms in total. The maximum absolute atomic E-state index is 6.15. The molecule has 0 saturated carbocycles. The van der Waals surface area contributed by atoms with Gasteiger partial charge in [-0.1, -0.05) is 0 Å². The van der Waals surface area contributed by atoms with Crippen molar-refractivity contribution >= 4 is 16.5 Å². The Hall–Kier alpha value is 0.740. The quantitative estimate of drug-likeness (QED) is 0.617. The molecule has 0 radical (unpaired) electrons. The fourth-order valence-electron chi connectivity index (χ4n) is 3.61. The Kier molecular flexibility index (Phi) is 1.88. The molecule has 0 aromatic heterocycles. The van der Waals surface area contributed by atoms with Gasteiger partial charge in [-0.15, -0.1) is 8.93 Å². The molecule has 4 heterocycles. The van der Waals surface area contributed by atoms with Gasteiger partial charge >= 0.3 is 0 Å². The molecule has 15 heavy (non-hydrogen) atoms. The Bertz CT molecular complexity index is 289. The van der Waals surface area contributed by atoms with E-state index in [0.29, 0.717) is 0 Å². The minimum absolute atomic E-state index is 0.0764. The molecule has 0 aromatic rings. The third kappa shape index (κ3) is 1.31. The first kappa shape index (κ1) is 10.9. The molecule has 5 unspecified atom stereocenters. The van der Waals surface area contributed by atoms with E-state index in [-0.39, 0.29) is 18.3 Å². The molecule has 0 amide bonds. The lowest BCUT2D eigenvalue weighted by atomic mass is 9.98. The molecule has 0 aliphatic carbocycles. The van der Waals surface area contributed by atoms with Crippen molar-refractivity contribution in [3.8, 4) is 0 Å². The van der Waals surface area contributed by atoms with E-state index in [1.165, 1.54) is 0 Å². The van der Waals surface area contributed by atoms with Gasteiger partial charge in [0.15, 0.2) is 11.6 Å². The summed E-state index contributed by atoms with van der Waals surface area (Å²) in [6.45, 7) is 8.47. The van der Waals surface area contributed by atoms with Gasteiger partial charge in [0.2, 0.25) is 0 Å². The lowest BCUT2D eigenvalue weighted by Crippen LogP contribution is -2.70. The molecule has 4 aliphatic heterocycles. The second-order valence-corrected chi connectivity index (χ2v) is 9.83. The molecule has 4 fully saturated rings. The van der Waals surface area contributed by atoms with Crippen molar-refractivity contribution < 1.29 is 14.2 Å². The molecular weight excluding hydrogens is 230 g/mol. The van der Waals surface area contributed by atoms with Crippen molar-refractivity contribution in [1.29, 1.82) is 0 Å². The van der Waals surface area contributed by atoms with Crippen LogP contribution < -0.4 is 0 Å². The van der Waals surface area contributed by atoms with E-state index in [0.717, 1.165) is 12.8 Å². The Labute approximate surface area is 94.1 Å². The van der Waals surface area contributed by atoms with Crippen LogP contribution in [0.15, 0.2) is 0 Å². The van der Waals surface area contributed by atoms with E-state index in [1.807, 2.05) is 13.8 Å². The van der Waals surface area contributed by atoms with Crippen LogP contribution in [-0.4, -0.2) is 22.3 Å². The summed E-state index contributed by atoms with van der Waals surface area (Å²) < 4.78 is 18.2. The molecule has 4 saturated heterocycles. The fourth-order valence-corrected chi connectivity index (χ4v) is 6.97. The normalized spacial score (nSPS) is 67.4. The lowest BCUT2D eigenvalue weighted by molar-refractivity contribution is -0.467. The Morgan fingerprint density at radius 1 is 0.867 bits per heavy atom. The summed E-state index contributed by atoms with van der Waals surface area (Å²) in [7, 11) is 2.60. The molecule has 0 N–H and O–H groups in total. The predicted molar refractivity (Wildman–Crippen MR) is 62.7 cm³/mol. The summed E-state index contributed by atoms with van der Waals surface area (Å²) in [5.41, 5.74) is 0. The van der Waals surface area contributed by atoms with Gasteiger partial charge in [0.1, 0.15) is 0 Å². The van der Waals surface area contributed by atoms with Crippen molar-refractivity contribution in [2.75, 3.05) is 0 Å². The third-order valence-electron chi connectivity index (χ3n) is 3.62. The van der Waals surface area contributed by atoms with E-state index in [2.05, 4.69) is 22.8 Å². The van der Waals surface area contributed by atoms with Crippen LogP contribution in [0, 0.1) is 0 Å². The number of hydrogen-bond acceptors (Lipinski definition) is 3. The van der Waals surface area contributed by atoms with Crippen molar-refractivity contribution in [2.45, 2.75) is 62.8 Å². The average Bonchev–Trinajstić information content (AvgIpc) is 1.93. The van der Waals surface area contributed by atoms with E-state index in [1.54, 1.807) is 0 Å². The largest absolute Gasteiger partial charge is 0.339 e. The highest BCUT2D eigenvalue weighted by Gasteiger charge is 2.69. The first-order valence-corrected chi connectivity index (χ1v) is 8.30. The molecule has 0 spiro atoms. The summed E-state index contributed by atoms with van der Waals surface area (Å²) >= 11 is 0. The van der Waals surface area contributed by atoms with Crippen LogP contribution in [0.4, 0.5) is 0 Å². The zero-order valence-corrected chi connectivity index (χ0v) is 11.7. The van der Waals surface area contributed by atoms with Crippen LogP contribution in [0.5, 0.6) is 0 Å². The van der Waals surface area contributed by atoms with Crippen LogP contribution >= 0.6 is 16.5 Å². The molecule has 4 bridgehead atoms. The lowest BCUT2D eigenvalue weighted by Gasteiger charge is -2.69. The second kappa shape index (κ2) is 2.60. The fraction of sp³-hybridized carbons (Fsp3) is 1.00. The molecule has 4 rings (SSSR count). The van der Waals surface area contributed by atoms with Crippen LogP contribution in [0.3, 0.4) is 0 Å². The van der Waals surface area contributed by atoms with E-state index in [4.69, 9.17) is 14.2 Å². The molecule has 4 aliphatic rings. The van der Waals surface area contributed by atoms with Gasteiger partial charge in [0.05, 0.1) is 10.7 Å². The summed E-state index contributed by atoms with van der Waals surface area (Å²) in [6, 6.07) is 0. The number of hydrogen-bond donors (Lipinski definition) is 0. The van der Waals surface area contributed by atoms with Crippen LogP contribution in [0.2, 0.25) is 0 Å². The molecular formula is C10H18O3P2. The van der Waals surface area contributed by atoms with Gasteiger partial charge in [-0.3, -0.25) is 0 Å². The topological polar surface area (TPSA) is 27.7 Å². The van der Waals surface area contributed by atoms with E-state index >= 15 is 0 Å². The monoisotopic (exact) mass is 248 g/mol. The summed E-state index contributed by atoms with van der Waals surface area (Å²) in [5.74, 6) is -0.908. The van der Waals surface area contributed by atoms with Crippen LogP contribution in [-0.2, 0) is 14.2 Å². The zero-order valence-electron chi connectivity index (χ0n) is 9.66. The number of ether oxygens (including phenoxy) is 3. The summed E-state index contributed by atoms with van der Waals surface area (Å²) in [5, 5.41) is -0.153. The van der Waals surface area contributed by atoms with Gasteiger partial charge in [0.25, 0.3) is 0 Å². The summed E-state index contributed by atoms with van der Waals surface area (Å²) in [6.07, 6.45) is 1.67. The summed E-state index contributed by atoms with van der Waals surface area (Å²) in [4.78, 5) is 0. The zero-order chi connectivity index (χ0) is 11.1. The highest BCUT2D eigenvalue weighted by atomic mass is 32.0. The standard InChI is InChI=1S/C10H18O3P2/c1-7-5-9(3)13-8(2,11-7)6-10(4,12-7)15(9)14/h5-6,14H2,1-4H3. The SMILES string of the molecule is CC12CC3(C)OC(C)(CC(C)(O1)P3P)O2. The van der Waals surface area contributed by atoms with Gasteiger partial charge in [-0.05, 0) is 35.3 Å². The Morgan fingerprint density at radius 3 is 1.67 bits per heavy atom. The predicted octanol–water partition coefficient (Wildman–Crippen LogP) is 2.99. The highest BCUT2D eigenvalue weighted by molar-refractivity contribution is 8.15. The van der Waals surface area contributed by atoms with Crippen LogP contribution in [0.1, 0.15) is 40.5 Å². The molecule has 0 aromatic carbocycles. The highest BCUT2D eigenvalue weighted by Crippen LogP contribution is 2.79. The first-order chi connectivity index (χ1) is 6.69. The van der Waals surface area contributed by atoms with Crippen molar-refractivity contribution in [1.82, 2.24) is 0 Å². The maximum Gasteiger partial charge on any atom is 0.173 e. The minimum atomic E-state index is -0.454. The molecule has 5 heteroatoms. The van der Waals surface area contributed by atoms with E-state index < -0.39 is 11.6 Å². The Balaban J connectivity index is 2.12. The Morgan fingerprint density at radius 2 is 1.27 bits per heavy atom.